The molecule has 0 saturated heterocycles. The molecular weight excluding hydrogens is 362 g/mol. The first-order chi connectivity index (χ1) is 13.4. The van der Waals surface area contributed by atoms with Crippen LogP contribution in [-0.4, -0.2) is 25.1 Å². The van der Waals surface area contributed by atoms with Gasteiger partial charge in [-0.2, -0.15) is 0 Å². The summed E-state index contributed by atoms with van der Waals surface area (Å²) in [6.45, 7) is 2.88. The van der Waals surface area contributed by atoms with Crippen LogP contribution in [0.4, 0.5) is 5.69 Å². The van der Waals surface area contributed by atoms with Gasteiger partial charge in [0.2, 0.25) is 0 Å². The summed E-state index contributed by atoms with van der Waals surface area (Å²) in [6.07, 6.45) is 0. The molecule has 28 heavy (non-hydrogen) atoms. The number of ether oxygens (including phenoxy) is 2. The minimum absolute atomic E-state index is 0.350. The summed E-state index contributed by atoms with van der Waals surface area (Å²) in [5.74, 6) is -0.779. The number of fused-ring (bicyclic) bond motifs is 1. The number of esters is 1. The van der Waals surface area contributed by atoms with E-state index in [0.717, 1.165) is 16.5 Å². The Hall–Kier alpha value is -3.61. The molecular formula is C21H19NO6. The van der Waals surface area contributed by atoms with Crippen LogP contribution in [0, 0.1) is 13.8 Å². The molecule has 1 heterocycles. The molecule has 144 valence electrons. The number of nitrogens with one attached hydrogen (secondary N) is 1. The van der Waals surface area contributed by atoms with Crippen molar-refractivity contribution < 1.29 is 23.5 Å². The van der Waals surface area contributed by atoms with Gasteiger partial charge in [0.15, 0.2) is 13.2 Å². The molecule has 0 aliphatic carbocycles. The Morgan fingerprint density at radius 3 is 2.57 bits per heavy atom. The average molecular weight is 381 g/mol. The molecule has 0 fully saturated rings. The number of hydrogen-bond donors (Lipinski definition) is 1. The second-order valence-electron chi connectivity index (χ2n) is 6.22. The van der Waals surface area contributed by atoms with Gasteiger partial charge < -0.3 is 19.2 Å². The van der Waals surface area contributed by atoms with Gasteiger partial charge in [-0.15, -0.1) is 0 Å². The van der Waals surface area contributed by atoms with Crippen LogP contribution in [0.2, 0.25) is 0 Å². The third kappa shape index (κ3) is 4.76. The summed E-state index contributed by atoms with van der Waals surface area (Å²) in [5.41, 5.74) is 2.27. The topological polar surface area (TPSA) is 94.8 Å². The van der Waals surface area contributed by atoms with Crippen molar-refractivity contribution in [3.05, 3.63) is 70.1 Å². The van der Waals surface area contributed by atoms with Crippen molar-refractivity contribution >= 4 is 28.5 Å². The van der Waals surface area contributed by atoms with Gasteiger partial charge >= 0.3 is 11.6 Å². The van der Waals surface area contributed by atoms with Crippen molar-refractivity contribution in [2.24, 2.45) is 0 Å². The minimum atomic E-state index is -0.689. The maximum atomic E-state index is 11.9. The van der Waals surface area contributed by atoms with Gasteiger partial charge in [0.25, 0.3) is 5.91 Å². The maximum Gasteiger partial charge on any atom is 0.344 e. The molecule has 1 N–H and O–H groups in total. The van der Waals surface area contributed by atoms with Crippen molar-refractivity contribution in [1.82, 2.24) is 0 Å². The van der Waals surface area contributed by atoms with E-state index in [2.05, 4.69) is 5.32 Å². The summed E-state index contributed by atoms with van der Waals surface area (Å²) in [5, 5.41) is 3.45. The zero-order chi connectivity index (χ0) is 20.1. The molecule has 0 aliphatic rings. The summed E-state index contributed by atoms with van der Waals surface area (Å²) < 4.78 is 15.4. The number of hydrogen-bond acceptors (Lipinski definition) is 6. The van der Waals surface area contributed by atoms with Crippen molar-refractivity contribution in [2.75, 3.05) is 18.5 Å². The lowest BCUT2D eigenvalue weighted by Gasteiger charge is -2.09. The number of rotatable bonds is 6. The highest BCUT2D eigenvalue weighted by molar-refractivity contribution is 5.93. The Morgan fingerprint density at radius 1 is 1.00 bits per heavy atom. The number of anilines is 1. The molecule has 0 aliphatic heterocycles. The smallest absolute Gasteiger partial charge is 0.344 e. The van der Waals surface area contributed by atoms with Crippen LogP contribution in [0.3, 0.4) is 0 Å². The Labute approximate surface area is 160 Å². The van der Waals surface area contributed by atoms with Gasteiger partial charge in [-0.05, 0) is 43.2 Å². The predicted octanol–water partition coefficient (Wildman–Crippen LogP) is 2.97. The molecule has 0 atom stereocenters. The second kappa shape index (κ2) is 8.39. The number of aryl methyl sites for hydroxylation is 2. The third-order valence-corrected chi connectivity index (χ3v) is 4.06. The third-order valence-electron chi connectivity index (χ3n) is 4.06. The molecule has 0 radical (unpaired) electrons. The molecule has 0 saturated carbocycles. The quantitative estimate of drug-likeness (QED) is 0.521. The van der Waals surface area contributed by atoms with Crippen molar-refractivity contribution in [1.29, 1.82) is 0 Å². The van der Waals surface area contributed by atoms with Gasteiger partial charge in [-0.1, -0.05) is 18.2 Å². The molecule has 1 aromatic heterocycles. The summed E-state index contributed by atoms with van der Waals surface area (Å²) >= 11 is 0. The average Bonchev–Trinajstić information content (AvgIpc) is 2.66. The normalized spacial score (nSPS) is 10.5. The predicted molar refractivity (Wildman–Crippen MR) is 103 cm³/mol. The largest absolute Gasteiger partial charge is 0.482 e. The van der Waals surface area contributed by atoms with Crippen LogP contribution in [0.5, 0.6) is 5.75 Å². The van der Waals surface area contributed by atoms with E-state index < -0.39 is 24.1 Å². The monoisotopic (exact) mass is 381 g/mol. The number of amides is 1. The lowest BCUT2D eigenvalue weighted by Crippen LogP contribution is -2.23. The Bertz CT molecular complexity index is 1090. The fourth-order valence-electron chi connectivity index (χ4n) is 2.62. The van der Waals surface area contributed by atoms with E-state index in [-0.39, 0.29) is 6.61 Å². The zero-order valence-electron chi connectivity index (χ0n) is 15.5. The van der Waals surface area contributed by atoms with E-state index in [1.54, 1.807) is 31.2 Å². The van der Waals surface area contributed by atoms with Gasteiger partial charge in [0, 0.05) is 23.2 Å². The molecule has 0 unspecified atom stereocenters. The van der Waals surface area contributed by atoms with E-state index in [0.29, 0.717) is 17.0 Å². The highest BCUT2D eigenvalue weighted by Gasteiger charge is 2.11. The SMILES string of the molecule is Cc1ccccc1NC(=O)COC(=O)COc1ccc2c(C)cc(=O)oc2c1. The van der Waals surface area contributed by atoms with Gasteiger partial charge in [0.1, 0.15) is 11.3 Å². The molecule has 7 heteroatoms. The van der Waals surface area contributed by atoms with Crippen molar-refractivity contribution in [3.63, 3.8) is 0 Å². The standard InChI is InChI=1S/C21H19NO6/c1-13-5-3-4-6-17(13)22-19(23)11-27-21(25)12-26-15-7-8-16-14(2)9-20(24)28-18(16)10-15/h3-10H,11-12H2,1-2H3,(H,22,23). The van der Waals surface area contributed by atoms with E-state index in [4.69, 9.17) is 13.9 Å². The lowest BCUT2D eigenvalue weighted by molar-refractivity contribution is -0.149. The van der Waals surface area contributed by atoms with E-state index >= 15 is 0 Å². The van der Waals surface area contributed by atoms with Gasteiger partial charge in [-0.3, -0.25) is 4.79 Å². The molecule has 3 aromatic rings. The molecule has 2 aromatic carbocycles. The van der Waals surface area contributed by atoms with Crippen molar-refractivity contribution in [2.45, 2.75) is 13.8 Å². The summed E-state index contributed by atoms with van der Waals surface area (Å²) in [4.78, 5) is 35.2. The first-order valence-corrected chi connectivity index (χ1v) is 8.61. The fraction of sp³-hybridized carbons (Fsp3) is 0.190. The zero-order valence-corrected chi connectivity index (χ0v) is 15.5. The van der Waals surface area contributed by atoms with E-state index in [1.165, 1.54) is 12.1 Å². The first-order valence-electron chi connectivity index (χ1n) is 8.61. The molecule has 0 bridgehead atoms. The highest BCUT2D eigenvalue weighted by atomic mass is 16.6. The Kier molecular flexibility index (Phi) is 5.74. The van der Waals surface area contributed by atoms with Crippen LogP contribution in [0.1, 0.15) is 11.1 Å². The van der Waals surface area contributed by atoms with Gasteiger partial charge in [-0.25, -0.2) is 9.59 Å². The first kappa shape index (κ1) is 19.2. The van der Waals surface area contributed by atoms with Crippen LogP contribution < -0.4 is 15.7 Å². The van der Waals surface area contributed by atoms with E-state index in [1.807, 2.05) is 19.1 Å². The number of benzene rings is 2. The van der Waals surface area contributed by atoms with E-state index in [9.17, 15) is 14.4 Å². The van der Waals surface area contributed by atoms with Crippen LogP contribution in [0.15, 0.2) is 57.7 Å². The maximum absolute atomic E-state index is 11.9. The van der Waals surface area contributed by atoms with Crippen molar-refractivity contribution in [3.8, 4) is 5.75 Å². The lowest BCUT2D eigenvalue weighted by atomic mass is 10.1. The minimum Gasteiger partial charge on any atom is -0.482 e. The number of carbonyl (C=O) groups excluding carboxylic acids is 2. The Morgan fingerprint density at radius 2 is 1.79 bits per heavy atom. The van der Waals surface area contributed by atoms with Crippen LogP contribution >= 0.6 is 0 Å². The highest BCUT2D eigenvalue weighted by Crippen LogP contribution is 2.22. The molecule has 7 nitrogen and oxygen atoms in total. The molecule has 1 amide bonds. The molecule has 3 rings (SSSR count). The Balaban J connectivity index is 1.51. The van der Waals surface area contributed by atoms with Gasteiger partial charge in [0.05, 0.1) is 0 Å². The summed E-state index contributed by atoms with van der Waals surface area (Å²) in [7, 11) is 0. The van der Waals surface area contributed by atoms with Crippen LogP contribution in [0.25, 0.3) is 11.0 Å². The molecule has 0 spiro atoms. The number of para-hydroxylation sites is 1. The number of carbonyl (C=O) groups is 2. The fourth-order valence-corrected chi connectivity index (χ4v) is 2.62. The second-order valence-corrected chi connectivity index (χ2v) is 6.22. The summed E-state index contributed by atoms with van der Waals surface area (Å²) in [6, 6.07) is 13.6. The van der Waals surface area contributed by atoms with Crippen LogP contribution in [-0.2, 0) is 14.3 Å².